The summed E-state index contributed by atoms with van der Waals surface area (Å²) in [6.45, 7) is 8.18. The van der Waals surface area contributed by atoms with E-state index in [0.717, 1.165) is 0 Å². The van der Waals surface area contributed by atoms with Crippen LogP contribution in [0.15, 0.2) is 23.7 Å². The first-order valence-corrected chi connectivity index (χ1v) is 6.98. The molecule has 0 aromatic rings. The summed E-state index contributed by atoms with van der Waals surface area (Å²) in [6, 6.07) is 0. The van der Waals surface area contributed by atoms with Crippen molar-refractivity contribution in [2.75, 3.05) is 19.8 Å². The molecular weight excluding hydrogens is 227 g/mol. The highest BCUT2D eigenvalue weighted by atomic mass is 31.2. The van der Waals surface area contributed by atoms with Crippen LogP contribution in [0.25, 0.3) is 0 Å². The lowest BCUT2D eigenvalue weighted by molar-refractivity contribution is 0.189. The fraction of sp³-hybridized carbons (Fsp3) is 0.636. The van der Waals surface area contributed by atoms with E-state index in [0.29, 0.717) is 19.8 Å². The average molecular weight is 248 g/mol. The van der Waals surface area contributed by atoms with Gasteiger partial charge in [0.05, 0.1) is 13.2 Å². The predicted molar refractivity (Wildman–Crippen MR) is 65.4 cm³/mol. The molecule has 94 valence electrons. The Hall–Kier alpha value is -0.570. The van der Waals surface area contributed by atoms with Crippen LogP contribution in [0.2, 0.25) is 0 Å². The first-order chi connectivity index (χ1) is 7.64. The monoisotopic (exact) mass is 248 g/mol. The molecule has 0 atom stereocenters. The fourth-order valence-electron chi connectivity index (χ4n) is 1.05. The minimum atomic E-state index is -3.26. The van der Waals surface area contributed by atoms with Crippen LogP contribution in [0.4, 0.5) is 0 Å². The summed E-state index contributed by atoms with van der Waals surface area (Å²) in [5, 5.41) is 0. The highest BCUT2D eigenvalue weighted by Crippen LogP contribution is 2.56. The average Bonchev–Trinajstić information content (AvgIpc) is 2.25. The normalized spacial score (nSPS) is 13.4. The third kappa shape index (κ3) is 4.97. The quantitative estimate of drug-likeness (QED) is 0.373. The zero-order valence-corrected chi connectivity index (χ0v) is 11.3. The minimum absolute atomic E-state index is 0.273. The van der Waals surface area contributed by atoms with Crippen molar-refractivity contribution in [3.63, 3.8) is 0 Å². The fourth-order valence-corrected chi connectivity index (χ4v) is 2.61. The smallest absolute Gasteiger partial charge is 0.395 e. The second-order valence-electron chi connectivity index (χ2n) is 2.84. The molecule has 0 rings (SSSR count). The van der Waals surface area contributed by atoms with Crippen molar-refractivity contribution in [2.24, 2.45) is 0 Å². The Labute approximate surface area is 97.8 Å². The Bertz CT molecular complexity index is 274. The van der Waals surface area contributed by atoms with Gasteiger partial charge in [0.25, 0.3) is 0 Å². The molecule has 0 saturated heterocycles. The molecular formula is C11H21O4P. The van der Waals surface area contributed by atoms with Gasteiger partial charge in [-0.3, -0.25) is 4.57 Å². The lowest BCUT2D eigenvalue weighted by Gasteiger charge is -2.19. The summed E-state index contributed by atoms with van der Waals surface area (Å²) in [5.41, 5.74) is 0.273. The molecule has 0 aromatic heterocycles. The van der Waals surface area contributed by atoms with E-state index >= 15 is 0 Å². The molecule has 16 heavy (non-hydrogen) atoms. The molecule has 0 aliphatic rings. The Balaban J connectivity index is 4.66. The van der Waals surface area contributed by atoms with Crippen LogP contribution in [-0.4, -0.2) is 19.8 Å². The molecule has 0 spiro atoms. The summed E-state index contributed by atoms with van der Waals surface area (Å²) < 4.78 is 28.0. The first kappa shape index (κ1) is 15.4. The van der Waals surface area contributed by atoms with E-state index in [4.69, 9.17) is 13.8 Å². The number of allylic oxidation sites excluding steroid dienone is 2. The molecule has 0 fully saturated rings. The Morgan fingerprint density at radius 2 is 1.75 bits per heavy atom. The van der Waals surface area contributed by atoms with Gasteiger partial charge in [-0.1, -0.05) is 12.2 Å². The van der Waals surface area contributed by atoms with Crippen molar-refractivity contribution in [1.82, 2.24) is 0 Å². The zero-order chi connectivity index (χ0) is 12.4. The van der Waals surface area contributed by atoms with Crippen molar-refractivity contribution >= 4 is 7.60 Å². The SMILES string of the molecule is CC=CCOC(=CC)P(=O)(OCC)OCC. The van der Waals surface area contributed by atoms with E-state index in [2.05, 4.69) is 0 Å². The maximum absolute atomic E-state index is 12.3. The molecule has 0 unspecified atom stereocenters. The van der Waals surface area contributed by atoms with Gasteiger partial charge in [-0.15, -0.1) is 0 Å². The van der Waals surface area contributed by atoms with Crippen LogP contribution in [-0.2, 0) is 18.3 Å². The van der Waals surface area contributed by atoms with E-state index in [1.807, 2.05) is 19.1 Å². The molecule has 0 aliphatic carbocycles. The number of ether oxygens (including phenoxy) is 1. The Kier molecular flexibility index (Phi) is 8.26. The maximum atomic E-state index is 12.3. The van der Waals surface area contributed by atoms with Crippen LogP contribution in [0.5, 0.6) is 0 Å². The van der Waals surface area contributed by atoms with E-state index in [-0.39, 0.29) is 5.50 Å². The second kappa shape index (κ2) is 8.57. The van der Waals surface area contributed by atoms with E-state index in [1.165, 1.54) is 0 Å². The first-order valence-electron chi connectivity index (χ1n) is 5.44. The van der Waals surface area contributed by atoms with Crippen molar-refractivity contribution in [1.29, 1.82) is 0 Å². The number of rotatable bonds is 8. The van der Waals surface area contributed by atoms with Gasteiger partial charge in [0.1, 0.15) is 6.61 Å². The Morgan fingerprint density at radius 1 is 1.19 bits per heavy atom. The van der Waals surface area contributed by atoms with Crippen molar-refractivity contribution in [3.05, 3.63) is 23.7 Å². The topological polar surface area (TPSA) is 44.8 Å². The third-order valence-electron chi connectivity index (χ3n) is 1.68. The van der Waals surface area contributed by atoms with Gasteiger partial charge in [0, 0.05) is 0 Å². The number of hydrogen-bond acceptors (Lipinski definition) is 4. The van der Waals surface area contributed by atoms with Crippen molar-refractivity contribution < 1.29 is 18.3 Å². The molecule has 0 N–H and O–H groups in total. The molecule has 0 heterocycles. The molecule has 0 radical (unpaired) electrons. The van der Waals surface area contributed by atoms with Gasteiger partial charge in [-0.25, -0.2) is 0 Å². The van der Waals surface area contributed by atoms with Gasteiger partial charge in [-0.2, -0.15) is 0 Å². The minimum Gasteiger partial charge on any atom is -0.482 e. The third-order valence-corrected chi connectivity index (χ3v) is 3.80. The van der Waals surface area contributed by atoms with Gasteiger partial charge in [-0.05, 0) is 33.8 Å². The largest absolute Gasteiger partial charge is 0.482 e. The van der Waals surface area contributed by atoms with Crippen LogP contribution >= 0.6 is 7.60 Å². The summed E-state index contributed by atoms with van der Waals surface area (Å²) in [7, 11) is -3.26. The predicted octanol–water partition coefficient (Wildman–Crippen LogP) is 3.71. The van der Waals surface area contributed by atoms with Crippen LogP contribution in [0.1, 0.15) is 27.7 Å². The maximum Gasteiger partial charge on any atom is 0.395 e. The molecule has 0 saturated carbocycles. The van der Waals surface area contributed by atoms with E-state index < -0.39 is 7.60 Å². The van der Waals surface area contributed by atoms with Gasteiger partial charge < -0.3 is 13.8 Å². The summed E-state index contributed by atoms with van der Waals surface area (Å²) in [4.78, 5) is 0. The van der Waals surface area contributed by atoms with E-state index in [1.54, 1.807) is 26.8 Å². The van der Waals surface area contributed by atoms with Crippen LogP contribution in [0.3, 0.4) is 0 Å². The molecule has 0 aromatic carbocycles. The van der Waals surface area contributed by atoms with Crippen LogP contribution < -0.4 is 0 Å². The van der Waals surface area contributed by atoms with Crippen LogP contribution in [0, 0.1) is 0 Å². The second-order valence-corrected chi connectivity index (χ2v) is 4.79. The standard InChI is InChI=1S/C11H21O4P/c1-5-9-10-13-11(6-2)16(12,14-7-3)15-8-4/h5-6,9H,7-8,10H2,1-4H3. The van der Waals surface area contributed by atoms with Crippen molar-refractivity contribution in [2.45, 2.75) is 27.7 Å². The van der Waals surface area contributed by atoms with Gasteiger partial charge in [0.2, 0.25) is 5.50 Å². The van der Waals surface area contributed by atoms with Gasteiger partial charge >= 0.3 is 7.60 Å². The van der Waals surface area contributed by atoms with E-state index in [9.17, 15) is 4.57 Å². The summed E-state index contributed by atoms with van der Waals surface area (Å²) in [5.74, 6) is 0. The lowest BCUT2D eigenvalue weighted by atomic mass is 10.5. The van der Waals surface area contributed by atoms with Gasteiger partial charge in [0.15, 0.2) is 0 Å². The van der Waals surface area contributed by atoms with Crippen molar-refractivity contribution in [3.8, 4) is 0 Å². The highest BCUT2D eigenvalue weighted by Gasteiger charge is 2.30. The molecule has 0 aliphatic heterocycles. The Morgan fingerprint density at radius 3 is 2.12 bits per heavy atom. The lowest BCUT2D eigenvalue weighted by Crippen LogP contribution is -2.02. The summed E-state index contributed by atoms with van der Waals surface area (Å²) >= 11 is 0. The number of hydrogen-bond donors (Lipinski definition) is 0. The summed E-state index contributed by atoms with van der Waals surface area (Å²) in [6.07, 6.45) is 5.31. The molecule has 4 nitrogen and oxygen atoms in total. The zero-order valence-electron chi connectivity index (χ0n) is 10.4. The highest BCUT2D eigenvalue weighted by molar-refractivity contribution is 7.58. The molecule has 0 bridgehead atoms. The molecule has 5 heteroatoms. The molecule has 0 amide bonds.